The molecule has 0 spiro atoms. The minimum Gasteiger partial charge on any atom is -0.395 e. The maximum Gasteiger partial charge on any atom is 0.584 e. The molecule has 0 aliphatic carbocycles. The summed E-state index contributed by atoms with van der Waals surface area (Å²) in [6.45, 7) is 4.43. The third-order valence-corrected chi connectivity index (χ3v) is 6.31. The molecule has 2 rings (SSSR count). The smallest absolute Gasteiger partial charge is 0.395 e. The Morgan fingerprint density at radius 3 is 1.32 bits per heavy atom. The molecule has 0 unspecified atom stereocenters. The van der Waals surface area contributed by atoms with E-state index in [1.165, 1.54) is 62.5 Å². The first-order valence-electron chi connectivity index (χ1n) is 11.9. The quantitative estimate of drug-likeness (QED) is 0.208. The molecule has 0 radical (unpaired) electrons. The first-order chi connectivity index (χ1) is 15.0. The van der Waals surface area contributed by atoms with Gasteiger partial charge >= 0.3 is 7.82 Å². The van der Waals surface area contributed by atoms with E-state index in [0.29, 0.717) is 11.5 Å². The van der Waals surface area contributed by atoms with E-state index in [0.717, 1.165) is 25.7 Å². The number of aryl methyl sites for hydroxylation is 2. The minimum absolute atomic E-state index is 0.337. The van der Waals surface area contributed by atoms with Crippen LogP contribution in [0.2, 0.25) is 0 Å². The van der Waals surface area contributed by atoms with Crippen molar-refractivity contribution in [3.63, 3.8) is 0 Å². The molecule has 0 saturated carbocycles. The number of phosphoric acid groups is 1. The van der Waals surface area contributed by atoms with E-state index in [2.05, 4.69) is 13.8 Å². The standard InChI is InChI=1S/C26H39O4P/c1-3-5-7-9-11-13-23-15-19-25(20-16-23)29-31(27,28)30-26-21-17-24(18-22-26)14-12-10-8-6-4-2/h15-22H,3-14H2,1-2H3,(H,27,28). The number of rotatable bonds is 16. The van der Waals surface area contributed by atoms with Crippen molar-refractivity contribution in [3.05, 3.63) is 59.7 Å². The second kappa shape index (κ2) is 14.3. The van der Waals surface area contributed by atoms with E-state index >= 15 is 0 Å². The van der Waals surface area contributed by atoms with E-state index in [4.69, 9.17) is 9.05 Å². The van der Waals surface area contributed by atoms with Gasteiger partial charge in [-0.1, -0.05) is 89.5 Å². The molecule has 2 aromatic carbocycles. The van der Waals surface area contributed by atoms with Gasteiger partial charge in [-0.15, -0.1) is 0 Å². The Morgan fingerprint density at radius 2 is 0.968 bits per heavy atom. The third-order valence-electron chi connectivity index (χ3n) is 5.43. The molecule has 0 aromatic heterocycles. The van der Waals surface area contributed by atoms with Gasteiger partial charge in [0.25, 0.3) is 0 Å². The van der Waals surface area contributed by atoms with Crippen molar-refractivity contribution < 1.29 is 18.5 Å². The van der Waals surface area contributed by atoms with Crippen molar-refractivity contribution in [1.29, 1.82) is 0 Å². The van der Waals surface area contributed by atoms with Gasteiger partial charge in [-0.3, -0.25) is 4.89 Å². The Balaban J connectivity index is 1.77. The maximum atomic E-state index is 12.4. The lowest BCUT2D eigenvalue weighted by atomic mass is 10.1. The molecular weight excluding hydrogens is 407 g/mol. The number of phosphoric ester groups is 1. The Morgan fingerprint density at radius 1 is 0.613 bits per heavy atom. The summed E-state index contributed by atoms with van der Waals surface area (Å²) in [5.74, 6) is 0.675. The van der Waals surface area contributed by atoms with Crippen LogP contribution in [0.5, 0.6) is 11.5 Å². The topological polar surface area (TPSA) is 55.8 Å². The van der Waals surface area contributed by atoms with E-state index in [9.17, 15) is 9.46 Å². The molecule has 0 heterocycles. The average molecular weight is 447 g/mol. The molecule has 0 aliphatic rings. The minimum atomic E-state index is -4.23. The van der Waals surface area contributed by atoms with Crippen molar-refractivity contribution in [2.24, 2.45) is 0 Å². The van der Waals surface area contributed by atoms with Gasteiger partial charge in [0.1, 0.15) is 11.5 Å². The second-order valence-corrected chi connectivity index (χ2v) is 9.57. The highest BCUT2D eigenvalue weighted by Crippen LogP contribution is 2.44. The van der Waals surface area contributed by atoms with Gasteiger partial charge in [0, 0.05) is 0 Å². The zero-order valence-corrected chi connectivity index (χ0v) is 20.1. The van der Waals surface area contributed by atoms with Crippen molar-refractivity contribution >= 4 is 7.82 Å². The summed E-state index contributed by atoms with van der Waals surface area (Å²) in [7, 11) is -4.23. The van der Waals surface area contributed by atoms with Crippen LogP contribution < -0.4 is 9.05 Å². The van der Waals surface area contributed by atoms with Gasteiger partial charge in [-0.05, 0) is 61.1 Å². The van der Waals surface area contributed by atoms with Crippen molar-refractivity contribution in [3.8, 4) is 11.5 Å². The van der Waals surface area contributed by atoms with E-state index < -0.39 is 7.82 Å². The summed E-state index contributed by atoms with van der Waals surface area (Å²) in [5, 5.41) is 0. The highest BCUT2D eigenvalue weighted by molar-refractivity contribution is 7.48. The molecule has 0 fully saturated rings. The van der Waals surface area contributed by atoms with Crippen LogP contribution >= 0.6 is 7.82 Å². The largest absolute Gasteiger partial charge is 0.584 e. The molecule has 172 valence electrons. The first-order valence-corrected chi connectivity index (χ1v) is 13.4. The molecule has 31 heavy (non-hydrogen) atoms. The summed E-state index contributed by atoms with van der Waals surface area (Å²) in [6.07, 6.45) is 14.5. The Bertz CT molecular complexity index is 707. The third kappa shape index (κ3) is 10.9. The number of unbranched alkanes of at least 4 members (excludes halogenated alkanes) is 8. The molecule has 5 heteroatoms. The summed E-state index contributed by atoms with van der Waals surface area (Å²) in [4.78, 5) is 10.1. The fourth-order valence-corrected chi connectivity index (χ4v) is 4.40. The summed E-state index contributed by atoms with van der Waals surface area (Å²) < 4.78 is 22.9. The van der Waals surface area contributed by atoms with Crippen molar-refractivity contribution in [2.75, 3.05) is 0 Å². The number of hydrogen-bond donors (Lipinski definition) is 1. The summed E-state index contributed by atoms with van der Waals surface area (Å²) in [5.41, 5.74) is 2.42. The van der Waals surface area contributed by atoms with E-state index in [1.54, 1.807) is 24.3 Å². The van der Waals surface area contributed by atoms with E-state index in [-0.39, 0.29) is 0 Å². The zero-order valence-electron chi connectivity index (χ0n) is 19.2. The molecule has 0 aliphatic heterocycles. The van der Waals surface area contributed by atoms with Gasteiger partial charge in [-0.2, -0.15) is 0 Å². The first kappa shape index (κ1) is 25.5. The number of hydrogen-bond acceptors (Lipinski definition) is 3. The average Bonchev–Trinajstić information content (AvgIpc) is 2.75. The van der Waals surface area contributed by atoms with Crippen LogP contribution in [0.15, 0.2) is 48.5 Å². The fourth-order valence-electron chi connectivity index (χ4n) is 3.58. The molecule has 0 amide bonds. The van der Waals surface area contributed by atoms with Gasteiger partial charge in [-0.25, -0.2) is 4.57 Å². The monoisotopic (exact) mass is 446 g/mol. The molecule has 1 N–H and O–H groups in total. The highest BCUT2D eigenvalue weighted by atomic mass is 31.2. The van der Waals surface area contributed by atoms with E-state index in [1.807, 2.05) is 24.3 Å². The molecule has 0 atom stereocenters. The van der Waals surface area contributed by atoms with Crippen LogP contribution in [-0.4, -0.2) is 4.89 Å². The summed E-state index contributed by atoms with van der Waals surface area (Å²) >= 11 is 0. The highest BCUT2D eigenvalue weighted by Gasteiger charge is 2.25. The van der Waals surface area contributed by atoms with Gasteiger partial charge in [0.2, 0.25) is 0 Å². The Labute approximate surface area is 188 Å². The normalized spacial score (nSPS) is 11.5. The zero-order chi connectivity index (χ0) is 22.4. The summed E-state index contributed by atoms with van der Waals surface area (Å²) in [6, 6.07) is 14.7. The predicted octanol–water partition coefficient (Wildman–Crippen LogP) is 8.27. The SMILES string of the molecule is CCCCCCCc1ccc(OP(=O)(O)Oc2ccc(CCCCCCC)cc2)cc1. The predicted molar refractivity (Wildman–Crippen MR) is 129 cm³/mol. The Kier molecular flexibility index (Phi) is 11.8. The van der Waals surface area contributed by atoms with Crippen molar-refractivity contribution in [1.82, 2.24) is 0 Å². The molecule has 0 bridgehead atoms. The second-order valence-electron chi connectivity index (χ2n) is 8.27. The lowest BCUT2D eigenvalue weighted by molar-refractivity contribution is 0.291. The van der Waals surface area contributed by atoms with Crippen LogP contribution in [0.25, 0.3) is 0 Å². The maximum absolute atomic E-state index is 12.4. The molecular formula is C26H39O4P. The van der Waals surface area contributed by atoms with Gasteiger partial charge < -0.3 is 9.05 Å². The lowest BCUT2D eigenvalue weighted by Gasteiger charge is -2.14. The molecule has 2 aromatic rings. The van der Waals surface area contributed by atoms with Crippen LogP contribution in [0.4, 0.5) is 0 Å². The Hall–Kier alpha value is -1.77. The van der Waals surface area contributed by atoms with Crippen LogP contribution in [0.1, 0.15) is 89.2 Å². The van der Waals surface area contributed by atoms with Crippen LogP contribution in [0, 0.1) is 0 Å². The van der Waals surface area contributed by atoms with Crippen LogP contribution in [0.3, 0.4) is 0 Å². The number of benzene rings is 2. The lowest BCUT2D eigenvalue weighted by Crippen LogP contribution is -2.00. The van der Waals surface area contributed by atoms with Crippen molar-refractivity contribution in [2.45, 2.75) is 90.9 Å². The molecule has 0 saturated heterocycles. The van der Waals surface area contributed by atoms with Crippen LogP contribution in [-0.2, 0) is 17.4 Å². The fraction of sp³-hybridized carbons (Fsp3) is 0.538. The van der Waals surface area contributed by atoms with Gasteiger partial charge in [0.15, 0.2) is 0 Å². The van der Waals surface area contributed by atoms with Gasteiger partial charge in [0.05, 0.1) is 0 Å². The molecule has 4 nitrogen and oxygen atoms in total.